The lowest BCUT2D eigenvalue weighted by molar-refractivity contribution is 0.129. The van der Waals surface area contributed by atoms with Gasteiger partial charge < -0.3 is 14.6 Å². The molecule has 0 aliphatic carbocycles. The number of methoxy groups -OCH3 is 1. The van der Waals surface area contributed by atoms with E-state index in [1.165, 1.54) is 5.69 Å². The topological polar surface area (TPSA) is 26.2 Å². The highest BCUT2D eigenvalue weighted by Crippen LogP contribution is 2.01. The van der Waals surface area contributed by atoms with Gasteiger partial charge >= 0.3 is 0 Å². The Balaban J connectivity index is 2.51. The van der Waals surface area contributed by atoms with E-state index in [-0.39, 0.29) is 0 Å². The first-order valence-electron chi connectivity index (χ1n) is 4.22. The van der Waals surface area contributed by atoms with Crippen LogP contribution in [0.4, 0.5) is 0 Å². The molecule has 3 nitrogen and oxygen atoms in total. The molecule has 0 amide bonds. The van der Waals surface area contributed by atoms with Crippen LogP contribution in [0.3, 0.4) is 0 Å². The normalized spacial score (nSPS) is 10.5. The Bertz CT molecular complexity index is 220. The zero-order valence-corrected chi connectivity index (χ0v) is 7.71. The molecular weight excluding hydrogens is 152 g/mol. The monoisotopic (exact) mass is 168 g/mol. The minimum absolute atomic E-state index is 0.633. The number of rotatable bonds is 5. The average Bonchev–Trinajstić information content (AvgIpc) is 2.50. The van der Waals surface area contributed by atoms with Gasteiger partial charge in [-0.1, -0.05) is 6.92 Å². The van der Waals surface area contributed by atoms with Crippen molar-refractivity contribution in [3.8, 4) is 0 Å². The molecule has 0 radical (unpaired) electrons. The predicted molar refractivity (Wildman–Crippen MR) is 48.8 cm³/mol. The van der Waals surface area contributed by atoms with Gasteiger partial charge in [0.2, 0.25) is 0 Å². The Kier molecular flexibility index (Phi) is 3.84. The summed E-state index contributed by atoms with van der Waals surface area (Å²) in [6.07, 6.45) is 2.02. The van der Waals surface area contributed by atoms with E-state index in [9.17, 15) is 0 Å². The lowest BCUT2D eigenvalue weighted by atomic mass is 10.4. The van der Waals surface area contributed by atoms with Crippen molar-refractivity contribution in [1.29, 1.82) is 0 Å². The zero-order chi connectivity index (χ0) is 8.81. The van der Waals surface area contributed by atoms with Crippen molar-refractivity contribution in [2.45, 2.75) is 20.2 Å². The van der Waals surface area contributed by atoms with Crippen LogP contribution in [0.15, 0.2) is 18.3 Å². The molecule has 0 aromatic carbocycles. The van der Waals surface area contributed by atoms with Gasteiger partial charge in [-0.25, -0.2) is 0 Å². The zero-order valence-electron chi connectivity index (χ0n) is 7.71. The average molecular weight is 168 g/mol. The first-order chi connectivity index (χ1) is 5.88. The van der Waals surface area contributed by atoms with Crippen molar-refractivity contribution in [3.05, 3.63) is 24.0 Å². The highest BCUT2D eigenvalue weighted by atomic mass is 16.5. The maximum Gasteiger partial charge on any atom is 0.122 e. The molecule has 68 valence electrons. The second kappa shape index (κ2) is 4.95. The van der Waals surface area contributed by atoms with Gasteiger partial charge in [0.15, 0.2) is 0 Å². The van der Waals surface area contributed by atoms with Crippen LogP contribution >= 0.6 is 0 Å². The molecule has 0 unspecified atom stereocenters. The maximum absolute atomic E-state index is 5.04. The number of ether oxygens (including phenoxy) is 1. The summed E-state index contributed by atoms with van der Waals surface area (Å²) in [6, 6.07) is 4.13. The van der Waals surface area contributed by atoms with Gasteiger partial charge in [-0.15, -0.1) is 0 Å². The predicted octanol–water partition coefficient (Wildman–Crippen LogP) is 1.20. The molecule has 12 heavy (non-hydrogen) atoms. The first-order valence-corrected chi connectivity index (χ1v) is 4.22. The van der Waals surface area contributed by atoms with Crippen LogP contribution < -0.4 is 5.32 Å². The molecule has 1 heterocycles. The number of nitrogens with zero attached hydrogens (tertiary/aromatic N) is 1. The van der Waals surface area contributed by atoms with E-state index in [2.05, 4.69) is 22.9 Å². The number of aromatic nitrogens is 1. The van der Waals surface area contributed by atoms with Gasteiger partial charge in [-0.3, -0.25) is 0 Å². The SMILES string of the molecule is CCNCc1cccn1COC. The van der Waals surface area contributed by atoms with E-state index in [4.69, 9.17) is 4.74 Å². The molecule has 1 aromatic rings. The lowest BCUT2D eigenvalue weighted by Crippen LogP contribution is -2.15. The summed E-state index contributed by atoms with van der Waals surface area (Å²) in [6.45, 7) is 4.64. The van der Waals surface area contributed by atoms with E-state index in [1.807, 2.05) is 12.3 Å². The summed E-state index contributed by atoms with van der Waals surface area (Å²) in [4.78, 5) is 0. The van der Waals surface area contributed by atoms with E-state index >= 15 is 0 Å². The van der Waals surface area contributed by atoms with E-state index in [1.54, 1.807) is 7.11 Å². The van der Waals surface area contributed by atoms with E-state index < -0.39 is 0 Å². The van der Waals surface area contributed by atoms with Crippen LogP contribution in [0.1, 0.15) is 12.6 Å². The molecule has 1 aromatic heterocycles. The van der Waals surface area contributed by atoms with Crippen LogP contribution in [-0.2, 0) is 18.0 Å². The molecule has 0 spiro atoms. The van der Waals surface area contributed by atoms with Crippen molar-refractivity contribution in [2.75, 3.05) is 13.7 Å². The molecule has 1 N–H and O–H groups in total. The Morgan fingerprint density at radius 3 is 3.08 bits per heavy atom. The smallest absolute Gasteiger partial charge is 0.122 e. The molecule has 0 fully saturated rings. The molecule has 1 rings (SSSR count). The number of nitrogens with one attached hydrogen (secondary N) is 1. The summed E-state index contributed by atoms with van der Waals surface area (Å²) in [5.41, 5.74) is 1.26. The fourth-order valence-corrected chi connectivity index (χ4v) is 1.13. The summed E-state index contributed by atoms with van der Waals surface area (Å²) in [5, 5.41) is 3.27. The second-order valence-electron chi connectivity index (χ2n) is 2.67. The first kappa shape index (κ1) is 9.29. The van der Waals surface area contributed by atoms with Crippen LogP contribution in [0, 0.1) is 0 Å². The largest absolute Gasteiger partial charge is 0.364 e. The molecule has 0 aliphatic rings. The molecule has 0 saturated heterocycles. The van der Waals surface area contributed by atoms with Crippen molar-refractivity contribution in [1.82, 2.24) is 9.88 Å². The second-order valence-corrected chi connectivity index (χ2v) is 2.67. The highest BCUT2D eigenvalue weighted by Gasteiger charge is 1.97. The van der Waals surface area contributed by atoms with Crippen LogP contribution in [0.25, 0.3) is 0 Å². The van der Waals surface area contributed by atoms with Crippen LogP contribution in [0.2, 0.25) is 0 Å². The summed E-state index contributed by atoms with van der Waals surface area (Å²) in [5.74, 6) is 0. The van der Waals surface area contributed by atoms with Crippen molar-refractivity contribution in [3.63, 3.8) is 0 Å². The Labute approximate surface area is 73.3 Å². The maximum atomic E-state index is 5.04. The number of hydrogen-bond acceptors (Lipinski definition) is 2. The summed E-state index contributed by atoms with van der Waals surface area (Å²) >= 11 is 0. The lowest BCUT2D eigenvalue weighted by Gasteiger charge is -2.07. The third-order valence-corrected chi connectivity index (χ3v) is 1.75. The Morgan fingerprint density at radius 1 is 1.58 bits per heavy atom. The minimum Gasteiger partial charge on any atom is -0.364 e. The molecule has 0 aliphatic heterocycles. The third kappa shape index (κ3) is 2.36. The summed E-state index contributed by atoms with van der Waals surface area (Å²) in [7, 11) is 1.71. The fourth-order valence-electron chi connectivity index (χ4n) is 1.13. The molecule has 0 saturated carbocycles. The van der Waals surface area contributed by atoms with Gasteiger partial charge in [0.05, 0.1) is 0 Å². The van der Waals surface area contributed by atoms with Crippen molar-refractivity contribution >= 4 is 0 Å². The molecule has 0 atom stereocenters. The highest BCUT2D eigenvalue weighted by molar-refractivity contribution is 5.06. The molecular formula is C9H16N2O. The van der Waals surface area contributed by atoms with Gasteiger partial charge in [-0.05, 0) is 18.7 Å². The Hall–Kier alpha value is -0.800. The van der Waals surface area contributed by atoms with Crippen molar-refractivity contribution < 1.29 is 4.74 Å². The van der Waals surface area contributed by atoms with Gasteiger partial charge in [0.25, 0.3) is 0 Å². The number of hydrogen-bond donors (Lipinski definition) is 1. The van der Waals surface area contributed by atoms with Gasteiger partial charge in [0.1, 0.15) is 6.73 Å². The summed E-state index contributed by atoms with van der Waals surface area (Å²) < 4.78 is 7.13. The molecule has 3 heteroatoms. The standard InChI is InChI=1S/C9H16N2O/c1-3-10-7-9-5-4-6-11(9)8-12-2/h4-6,10H,3,7-8H2,1-2H3. The van der Waals surface area contributed by atoms with Crippen molar-refractivity contribution in [2.24, 2.45) is 0 Å². The van der Waals surface area contributed by atoms with Crippen LogP contribution in [0.5, 0.6) is 0 Å². The van der Waals surface area contributed by atoms with Gasteiger partial charge in [-0.2, -0.15) is 0 Å². The van der Waals surface area contributed by atoms with E-state index in [0.717, 1.165) is 13.1 Å². The van der Waals surface area contributed by atoms with Gasteiger partial charge in [0, 0.05) is 25.5 Å². The minimum atomic E-state index is 0.633. The Morgan fingerprint density at radius 2 is 2.42 bits per heavy atom. The quantitative estimate of drug-likeness (QED) is 0.715. The van der Waals surface area contributed by atoms with E-state index in [0.29, 0.717) is 6.73 Å². The third-order valence-electron chi connectivity index (χ3n) is 1.75. The molecule has 0 bridgehead atoms. The van der Waals surface area contributed by atoms with Crippen LogP contribution in [-0.4, -0.2) is 18.2 Å². The fraction of sp³-hybridized carbons (Fsp3) is 0.556.